The lowest BCUT2D eigenvalue weighted by Gasteiger charge is -2.15. The predicted octanol–water partition coefficient (Wildman–Crippen LogP) is 4.17. The highest BCUT2D eigenvalue weighted by atomic mass is 127. The van der Waals surface area contributed by atoms with E-state index < -0.39 is 6.10 Å². The molecule has 0 bridgehead atoms. The van der Waals surface area contributed by atoms with Crippen LogP contribution in [0.4, 0.5) is 5.69 Å². The number of amides is 1. The first-order valence-electron chi connectivity index (χ1n) is 6.21. The van der Waals surface area contributed by atoms with Crippen LogP contribution in [0.2, 0.25) is 10.0 Å². The maximum atomic E-state index is 11.4. The molecule has 108 valence electrons. The van der Waals surface area contributed by atoms with Crippen molar-refractivity contribution in [3.63, 3.8) is 0 Å². The lowest BCUT2D eigenvalue weighted by molar-refractivity contribution is -0.115. The molecule has 21 heavy (non-hydrogen) atoms. The Balaban J connectivity index is 2.02. The van der Waals surface area contributed by atoms with E-state index >= 15 is 0 Å². The first-order chi connectivity index (χ1) is 9.95. The Morgan fingerprint density at radius 3 is 2.67 bits per heavy atom. The Labute approximate surface area is 145 Å². The highest BCUT2D eigenvalue weighted by Gasteiger charge is 2.23. The molecule has 1 atom stereocenters. The summed E-state index contributed by atoms with van der Waals surface area (Å²) in [5.74, 6) is -0.0648. The van der Waals surface area contributed by atoms with Crippen LogP contribution in [0.3, 0.4) is 0 Å². The summed E-state index contributed by atoms with van der Waals surface area (Å²) in [6.45, 7) is 0. The molecule has 0 aromatic heterocycles. The minimum Gasteiger partial charge on any atom is -0.384 e. The molecule has 2 N–H and O–H groups in total. The third-order valence-electron chi connectivity index (χ3n) is 3.40. The van der Waals surface area contributed by atoms with E-state index in [-0.39, 0.29) is 5.91 Å². The van der Waals surface area contributed by atoms with Gasteiger partial charge in [-0.25, -0.2) is 0 Å². The van der Waals surface area contributed by atoms with E-state index in [0.29, 0.717) is 33.3 Å². The summed E-state index contributed by atoms with van der Waals surface area (Å²) in [6, 6.07) is 8.82. The van der Waals surface area contributed by atoms with Gasteiger partial charge < -0.3 is 10.4 Å². The molecule has 0 radical (unpaired) electrons. The van der Waals surface area contributed by atoms with Crippen molar-refractivity contribution < 1.29 is 9.90 Å². The minimum absolute atomic E-state index is 0.0648. The summed E-state index contributed by atoms with van der Waals surface area (Å²) >= 11 is 14.4. The van der Waals surface area contributed by atoms with E-state index in [2.05, 4.69) is 27.9 Å². The van der Waals surface area contributed by atoms with Crippen LogP contribution in [0.1, 0.15) is 22.8 Å². The number of hydrogen-bond acceptors (Lipinski definition) is 2. The van der Waals surface area contributed by atoms with Crippen LogP contribution in [0.5, 0.6) is 0 Å². The van der Waals surface area contributed by atoms with E-state index in [1.54, 1.807) is 18.2 Å². The molecule has 2 aromatic rings. The van der Waals surface area contributed by atoms with E-state index in [1.807, 2.05) is 12.1 Å². The maximum Gasteiger partial charge on any atom is 0.228 e. The van der Waals surface area contributed by atoms with Crippen LogP contribution >= 0.6 is 45.8 Å². The molecule has 0 saturated heterocycles. The van der Waals surface area contributed by atoms with Gasteiger partial charge in [0.1, 0.15) is 6.10 Å². The Hall–Kier alpha value is -0.820. The van der Waals surface area contributed by atoms with Crippen LogP contribution in [0.25, 0.3) is 0 Å². The molecule has 0 fully saturated rings. The number of aliphatic hydroxyl groups excluding tert-OH is 1. The molecule has 0 aliphatic carbocycles. The topological polar surface area (TPSA) is 49.3 Å². The quantitative estimate of drug-likeness (QED) is 0.698. The third kappa shape index (κ3) is 2.90. The average molecular weight is 434 g/mol. The first kappa shape index (κ1) is 15.1. The molecule has 0 saturated carbocycles. The Morgan fingerprint density at radius 1 is 1.19 bits per heavy atom. The number of rotatable bonds is 2. The minimum atomic E-state index is -0.881. The van der Waals surface area contributed by atoms with Crippen molar-refractivity contribution in [2.75, 3.05) is 5.32 Å². The fourth-order valence-corrected chi connectivity index (χ4v) is 3.13. The molecular weight excluding hydrogens is 424 g/mol. The van der Waals surface area contributed by atoms with Gasteiger partial charge in [-0.1, -0.05) is 29.3 Å². The fraction of sp³-hybridized carbons (Fsp3) is 0.133. The predicted molar refractivity (Wildman–Crippen MR) is 92.0 cm³/mol. The Bertz CT molecular complexity index is 749. The standard InChI is InChI=1S/C15H10Cl2INO2/c16-10-6-13-8(5-14(20)19-13)3-9(10)15(21)7-1-2-12(18)11(17)4-7/h1-4,6,15,21H,5H2,(H,19,20). The zero-order chi connectivity index (χ0) is 15.1. The van der Waals surface area contributed by atoms with Crippen LogP contribution in [0, 0.1) is 3.57 Å². The molecule has 3 rings (SSSR count). The van der Waals surface area contributed by atoms with Crippen LogP contribution in [0.15, 0.2) is 30.3 Å². The number of hydrogen-bond donors (Lipinski definition) is 2. The molecule has 3 nitrogen and oxygen atoms in total. The highest BCUT2D eigenvalue weighted by molar-refractivity contribution is 14.1. The number of benzene rings is 2. The van der Waals surface area contributed by atoms with Crippen molar-refractivity contribution in [2.45, 2.75) is 12.5 Å². The van der Waals surface area contributed by atoms with Gasteiger partial charge in [0.25, 0.3) is 0 Å². The highest BCUT2D eigenvalue weighted by Crippen LogP contribution is 2.36. The lowest BCUT2D eigenvalue weighted by Crippen LogP contribution is -2.03. The molecule has 1 aliphatic rings. The number of anilines is 1. The molecule has 1 aliphatic heterocycles. The monoisotopic (exact) mass is 433 g/mol. The number of fused-ring (bicyclic) bond motifs is 1. The number of carbonyl (C=O) groups excluding carboxylic acids is 1. The van der Waals surface area contributed by atoms with Crippen molar-refractivity contribution in [3.8, 4) is 0 Å². The SMILES string of the molecule is O=C1Cc2cc(C(O)c3ccc(I)c(Cl)c3)c(Cl)cc2N1. The van der Waals surface area contributed by atoms with Crippen LogP contribution in [-0.2, 0) is 11.2 Å². The van der Waals surface area contributed by atoms with Gasteiger partial charge in [0.2, 0.25) is 5.91 Å². The van der Waals surface area contributed by atoms with Gasteiger partial charge in [0.05, 0.1) is 11.4 Å². The van der Waals surface area contributed by atoms with Gasteiger partial charge in [0.15, 0.2) is 0 Å². The second-order valence-electron chi connectivity index (χ2n) is 4.83. The molecule has 1 amide bonds. The summed E-state index contributed by atoms with van der Waals surface area (Å²) in [6.07, 6.45) is -0.576. The van der Waals surface area contributed by atoms with Crippen molar-refractivity contribution in [1.82, 2.24) is 0 Å². The molecule has 1 unspecified atom stereocenters. The summed E-state index contributed by atoms with van der Waals surface area (Å²) in [7, 11) is 0. The summed E-state index contributed by atoms with van der Waals surface area (Å²) in [4.78, 5) is 11.4. The molecule has 6 heteroatoms. The smallest absolute Gasteiger partial charge is 0.228 e. The zero-order valence-corrected chi connectivity index (χ0v) is 14.3. The van der Waals surface area contributed by atoms with E-state index in [0.717, 1.165) is 9.13 Å². The average Bonchev–Trinajstić information content (AvgIpc) is 2.79. The second kappa shape index (κ2) is 5.76. The number of nitrogens with one attached hydrogen (secondary N) is 1. The third-order valence-corrected chi connectivity index (χ3v) is 5.30. The van der Waals surface area contributed by atoms with Crippen molar-refractivity contribution in [1.29, 1.82) is 0 Å². The van der Waals surface area contributed by atoms with Crippen LogP contribution in [-0.4, -0.2) is 11.0 Å². The summed E-state index contributed by atoms with van der Waals surface area (Å²) < 4.78 is 0.917. The Morgan fingerprint density at radius 2 is 1.95 bits per heavy atom. The molecular formula is C15H10Cl2INO2. The van der Waals surface area contributed by atoms with Gasteiger partial charge in [0, 0.05) is 19.8 Å². The van der Waals surface area contributed by atoms with Gasteiger partial charge in [-0.2, -0.15) is 0 Å². The Kier molecular flexibility index (Phi) is 4.14. The van der Waals surface area contributed by atoms with Crippen molar-refractivity contribution >= 4 is 57.4 Å². The van der Waals surface area contributed by atoms with Gasteiger partial charge in [-0.3, -0.25) is 4.79 Å². The van der Waals surface area contributed by atoms with Crippen molar-refractivity contribution in [2.24, 2.45) is 0 Å². The van der Waals surface area contributed by atoms with E-state index in [1.165, 1.54) is 0 Å². The van der Waals surface area contributed by atoms with Crippen molar-refractivity contribution in [3.05, 3.63) is 60.6 Å². The van der Waals surface area contributed by atoms with Gasteiger partial charge >= 0.3 is 0 Å². The van der Waals surface area contributed by atoms with Gasteiger partial charge in [-0.05, 0) is 58.0 Å². The number of carbonyl (C=O) groups is 1. The summed E-state index contributed by atoms with van der Waals surface area (Å²) in [5.41, 5.74) is 2.79. The number of halogens is 3. The normalized spacial score (nSPS) is 14.8. The van der Waals surface area contributed by atoms with Crippen LogP contribution < -0.4 is 5.32 Å². The van der Waals surface area contributed by atoms with Gasteiger partial charge in [-0.15, -0.1) is 0 Å². The molecule has 0 spiro atoms. The zero-order valence-electron chi connectivity index (χ0n) is 10.7. The number of aliphatic hydroxyl groups is 1. The largest absolute Gasteiger partial charge is 0.384 e. The fourth-order valence-electron chi connectivity index (χ4n) is 2.34. The summed E-state index contributed by atoms with van der Waals surface area (Å²) in [5, 5.41) is 14.3. The van der Waals surface area contributed by atoms with E-state index in [4.69, 9.17) is 23.2 Å². The lowest BCUT2D eigenvalue weighted by atomic mass is 9.98. The first-order valence-corrected chi connectivity index (χ1v) is 8.04. The van der Waals surface area contributed by atoms with E-state index in [9.17, 15) is 9.90 Å². The second-order valence-corrected chi connectivity index (χ2v) is 6.81. The molecule has 1 heterocycles. The molecule has 2 aromatic carbocycles. The maximum absolute atomic E-state index is 11.4.